The molecule has 31 heavy (non-hydrogen) atoms. The van der Waals surface area contributed by atoms with E-state index < -0.39 is 17.0 Å². The molecule has 2 heterocycles. The highest BCUT2D eigenvalue weighted by molar-refractivity contribution is 6.03. The van der Waals surface area contributed by atoms with E-state index in [1.165, 1.54) is 28.0 Å². The van der Waals surface area contributed by atoms with Gasteiger partial charge in [-0.2, -0.15) is 0 Å². The maximum Gasteiger partial charge on any atom is 0.322 e. The molecule has 0 bridgehead atoms. The SMILES string of the molecule is CCN1C(=O)N[C@@H](c2cccc([N+](=O)[O-])c2)C2=C1CN([C@@H](C)C(=O)NCC(C)C)C2=O. The van der Waals surface area contributed by atoms with Gasteiger partial charge in [-0.3, -0.25) is 24.6 Å². The van der Waals surface area contributed by atoms with Crippen LogP contribution in [-0.4, -0.2) is 58.2 Å². The number of hydrogen-bond acceptors (Lipinski definition) is 5. The van der Waals surface area contributed by atoms with Crippen molar-refractivity contribution < 1.29 is 19.3 Å². The summed E-state index contributed by atoms with van der Waals surface area (Å²) in [6, 6.07) is 3.93. The highest BCUT2D eigenvalue weighted by Gasteiger charge is 2.46. The monoisotopic (exact) mass is 429 g/mol. The van der Waals surface area contributed by atoms with Gasteiger partial charge in [0.2, 0.25) is 5.91 Å². The Morgan fingerprint density at radius 1 is 1.32 bits per heavy atom. The first-order valence-corrected chi connectivity index (χ1v) is 10.3. The van der Waals surface area contributed by atoms with Crippen LogP contribution in [0.15, 0.2) is 35.5 Å². The summed E-state index contributed by atoms with van der Waals surface area (Å²) in [5, 5.41) is 16.8. The van der Waals surface area contributed by atoms with E-state index in [1.54, 1.807) is 19.9 Å². The van der Waals surface area contributed by atoms with E-state index in [4.69, 9.17) is 0 Å². The molecule has 2 N–H and O–H groups in total. The number of benzene rings is 1. The van der Waals surface area contributed by atoms with Gasteiger partial charge in [-0.05, 0) is 25.3 Å². The second-order valence-corrected chi connectivity index (χ2v) is 8.09. The Morgan fingerprint density at radius 2 is 2.03 bits per heavy atom. The van der Waals surface area contributed by atoms with Gasteiger partial charge in [0.15, 0.2) is 0 Å². The second-order valence-electron chi connectivity index (χ2n) is 8.09. The van der Waals surface area contributed by atoms with Gasteiger partial charge in [0, 0.05) is 25.2 Å². The molecule has 4 amide bonds. The van der Waals surface area contributed by atoms with Crippen molar-refractivity contribution in [3.63, 3.8) is 0 Å². The first kappa shape index (κ1) is 22.3. The van der Waals surface area contributed by atoms with Crippen molar-refractivity contribution in [3.8, 4) is 0 Å². The molecule has 0 spiro atoms. The minimum atomic E-state index is -0.825. The minimum absolute atomic E-state index is 0.122. The lowest BCUT2D eigenvalue weighted by Crippen LogP contribution is -2.47. The van der Waals surface area contributed by atoms with E-state index in [0.717, 1.165) is 0 Å². The zero-order chi connectivity index (χ0) is 22.9. The Balaban J connectivity index is 1.95. The number of carbonyl (C=O) groups excluding carboxylic acids is 3. The highest BCUT2D eigenvalue weighted by Crippen LogP contribution is 2.37. The summed E-state index contributed by atoms with van der Waals surface area (Å²) < 4.78 is 0. The minimum Gasteiger partial charge on any atom is -0.354 e. The molecule has 0 radical (unpaired) electrons. The summed E-state index contributed by atoms with van der Waals surface area (Å²) in [7, 11) is 0. The van der Waals surface area contributed by atoms with E-state index in [9.17, 15) is 24.5 Å². The molecule has 3 rings (SSSR count). The maximum atomic E-state index is 13.4. The molecule has 0 fully saturated rings. The zero-order valence-corrected chi connectivity index (χ0v) is 18.0. The molecule has 2 aliphatic heterocycles. The van der Waals surface area contributed by atoms with Gasteiger partial charge in [-0.15, -0.1) is 0 Å². The van der Waals surface area contributed by atoms with Gasteiger partial charge >= 0.3 is 6.03 Å². The van der Waals surface area contributed by atoms with Gasteiger partial charge in [-0.1, -0.05) is 26.0 Å². The summed E-state index contributed by atoms with van der Waals surface area (Å²) in [6.07, 6.45) is 0. The van der Waals surface area contributed by atoms with Gasteiger partial charge in [-0.25, -0.2) is 4.79 Å². The summed E-state index contributed by atoms with van der Waals surface area (Å²) in [5.41, 5.74) is 1.18. The van der Waals surface area contributed by atoms with Crippen molar-refractivity contribution in [3.05, 3.63) is 51.2 Å². The number of nitro groups is 1. The smallest absolute Gasteiger partial charge is 0.322 e. The number of amides is 4. The van der Waals surface area contributed by atoms with Crippen LogP contribution in [0.4, 0.5) is 10.5 Å². The fraction of sp³-hybridized carbons (Fsp3) is 0.476. The largest absolute Gasteiger partial charge is 0.354 e. The molecule has 1 aromatic rings. The fourth-order valence-electron chi connectivity index (χ4n) is 3.82. The second kappa shape index (κ2) is 8.75. The third-order valence-corrected chi connectivity index (χ3v) is 5.51. The fourth-order valence-corrected chi connectivity index (χ4v) is 3.82. The number of rotatable bonds is 7. The average Bonchev–Trinajstić information content (AvgIpc) is 3.07. The van der Waals surface area contributed by atoms with Gasteiger partial charge < -0.3 is 15.5 Å². The van der Waals surface area contributed by atoms with Crippen LogP contribution < -0.4 is 10.6 Å². The number of urea groups is 1. The third-order valence-electron chi connectivity index (χ3n) is 5.51. The quantitative estimate of drug-likeness (QED) is 0.506. The molecule has 10 heteroatoms. The van der Waals surface area contributed by atoms with Crippen LogP contribution in [0.25, 0.3) is 0 Å². The number of likely N-dealkylation sites (N-methyl/N-ethyl adjacent to an activating group) is 1. The Labute approximate surface area is 180 Å². The number of nitrogens with one attached hydrogen (secondary N) is 2. The molecule has 10 nitrogen and oxygen atoms in total. The summed E-state index contributed by atoms with van der Waals surface area (Å²) in [6.45, 7) is 8.37. The molecular formula is C21H27N5O5. The Bertz CT molecular complexity index is 957. The van der Waals surface area contributed by atoms with Gasteiger partial charge in [0.1, 0.15) is 6.04 Å². The number of hydrogen-bond donors (Lipinski definition) is 2. The number of non-ortho nitro benzene ring substituents is 1. The van der Waals surface area contributed by atoms with Crippen molar-refractivity contribution in [1.29, 1.82) is 0 Å². The summed E-state index contributed by atoms with van der Waals surface area (Å²) in [4.78, 5) is 52.2. The van der Waals surface area contributed by atoms with E-state index >= 15 is 0 Å². The van der Waals surface area contributed by atoms with Crippen LogP contribution in [0.1, 0.15) is 39.3 Å². The normalized spacial score (nSPS) is 19.5. The van der Waals surface area contributed by atoms with E-state index in [2.05, 4.69) is 10.6 Å². The maximum absolute atomic E-state index is 13.4. The molecule has 166 valence electrons. The van der Waals surface area contributed by atoms with E-state index in [0.29, 0.717) is 29.9 Å². The van der Waals surface area contributed by atoms with E-state index in [1.807, 2.05) is 13.8 Å². The van der Waals surface area contributed by atoms with Crippen molar-refractivity contribution in [1.82, 2.24) is 20.4 Å². The van der Waals surface area contributed by atoms with Crippen LogP contribution in [0.2, 0.25) is 0 Å². The number of carbonyl (C=O) groups is 3. The third kappa shape index (κ3) is 4.23. The van der Waals surface area contributed by atoms with Gasteiger partial charge in [0.05, 0.1) is 28.8 Å². The molecular weight excluding hydrogens is 402 g/mol. The number of nitro benzene ring substituents is 1. The molecule has 0 aliphatic carbocycles. The molecule has 0 saturated heterocycles. The topological polar surface area (TPSA) is 125 Å². The van der Waals surface area contributed by atoms with Crippen molar-refractivity contribution >= 4 is 23.5 Å². The van der Waals surface area contributed by atoms with Crippen LogP contribution >= 0.6 is 0 Å². The average molecular weight is 429 g/mol. The predicted octanol–water partition coefficient (Wildman–Crippen LogP) is 1.94. The Hall–Kier alpha value is -3.43. The van der Waals surface area contributed by atoms with Crippen LogP contribution in [0.5, 0.6) is 0 Å². The predicted molar refractivity (Wildman–Crippen MR) is 113 cm³/mol. The summed E-state index contributed by atoms with van der Waals surface area (Å²) >= 11 is 0. The zero-order valence-electron chi connectivity index (χ0n) is 18.0. The Morgan fingerprint density at radius 3 is 2.65 bits per heavy atom. The number of nitrogens with zero attached hydrogens (tertiary/aromatic N) is 3. The highest BCUT2D eigenvalue weighted by atomic mass is 16.6. The van der Waals surface area contributed by atoms with Crippen molar-refractivity contribution in [2.45, 2.75) is 39.8 Å². The molecule has 2 aliphatic rings. The van der Waals surface area contributed by atoms with Crippen molar-refractivity contribution in [2.24, 2.45) is 5.92 Å². The first-order valence-electron chi connectivity index (χ1n) is 10.3. The van der Waals surface area contributed by atoms with Crippen molar-refractivity contribution in [2.75, 3.05) is 19.6 Å². The van der Waals surface area contributed by atoms with Gasteiger partial charge in [0.25, 0.3) is 11.6 Å². The summed E-state index contributed by atoms with van der Waals surface area (Å²) in [5.74, 6) is -0.360. The van der Waals surface area contributed by atoms with E-state index in [-0.39, 0.29) is 36.0 Å². The molecule has 0 aromatic heterocycles. The lowest BCUT2D eigenvalue weighted by molar-refractivity contribution is -0.384. The first-order chi connectivity index (χ1) is 14.6. The molecule has 0 saturated carbocycles. The molecule has 0 unspecified atom stereocenters. The lowest BCUT2D eigenvalue weighted by atomic mass is 9.95. The van der Waals surface area contributed by atoms with Crippen LogP contribution in [0.3, 0.4) is 0 Å². The molecule has 1 aromatic carbocycles. The van der Waals surface area contributed by atoms with Crippen LogP contribution in [-0.2, 0) is 9.59 Å². The lowest BCUT2D eigenvalue weighted by Gasteiger charge is -2.32. The standard InChI is InChI=1S/C21H27N5O5/c1-5-24-16-11-25(13(4)19(27)22-10-12(2)3)20(28)17(16)18(23-21(24)29)14-7-6-8-15(9-14)26(30)31/h6-9,12-13,18H,5,10-11H2,1-4H3,(H,22,27)(H,23,29)/t13-,18-/m0/s1. The van der Waals surface area contributed by atoms with Crippen LogP contribution in [0, 0.1) is 16.0 Å². The molecule has 2 atom stereocenters. The Kier molecular flexibility index (Phi) is 6.28.